The molecule has 0 bridgehead atoms. The first-order valence-electron chi connectivity index (χ1n) is 6.54. The van der Waals surface area contributed by atoms with Crippen LogP contribution in [0.15, 0.2) is 0 Å². The summed E-state index contributed by atoms with van der Waals surface area (Å²) in [6.07, 6.45) is 2.41. The summed E-state index contributed by atoms with van der Waals surface area (Å²) >= 11 is 0. The summed E-state index contributed by atoms with van der Waals surface area (Å²) in [4.78, 5) is 2.33. The third-order valence-electron chi connectivity index (χ3n) is 3.91. The van der Waals surface area contributed by atoms with E-state index in [0.29, 0.717) is 17.4 Å². The average Bonchev–Trinajstić information content (AvgIpc) is 2.20. The van der Waals surface area contributed by atoms with Crippen molar-refractivity contribution in [2.24, 2.45) is 5.92 Å². The zero-order valence-corrected chi connectivity index (χ0v) is 11.7. The third kappa shape index (κ3) is 3.93. The average molecular weight is 260 g/mol. The second-order valence-electron chi connectivity index (χ2n) is 6.12. The minimum Gasteiger partial charge on any atom is -0.312 e. The van der Waals surface area contributed by atoms with Crippen molar-refractivity contribution in [1.29, 1.82) is 0 Å². The van der Waals surface area contributed by atoms with Crippen molar-refractivity contribution in [2.75, 3.05) is 37.7 Å². The highest BCUT2D eigenvalue weighted by atomic mass is 32.2. The Kier molecular flexibility index (Phi) is 3.80. The molecule has 1 unspecified atom stereocenters. The Morgan fingerprint density at radius 3 is 2.53 bits per heavy atom. The van der Waals surface area contributed by atoms with Gasteiger partial charge in [0.15, 0.2) is 9.84 Å². The van der Waals surface area contributed by atoms with E-state index in [1.807, 2.05) is 0 Å². The van der Waals surface area contributed by atoms with Crippen molar-refractivity contribution in [1.82, 2.24) is 10.2 Å². The molecule has 5 heteroatoms. The number of hydrogen-bond donors (Lipinski definition) is 1. The van der Waals surface area contributed by atoms with Crippen LogP contribution in [-0.4, -0.2) is 56.5 Å². The van der Waals surface area contributed by atoms with Crippen LogP contribution in [0.3, 0.4) is 0 Å². The maximum Gasteiger partial charge on any atom is 0.152 e. The number of nitrogens with one attached hydrogen (secondary N) is 1. The van der Waals surface area contributed by atoms with Gasteiger partial charge in [-0.05, 0) is 39.2 Å². The molecule has 100 valence electrons. The van der Waals surface area contributed by atoms with Gasteiger partial charge in [0.05, 0.1) is 11.5 Å². The molecule has 0 spiro atoms. The van der Waals surface area contributed by atoms with Crippen LogP contribution in [0.4, 0.5) is 0 Å². The second-order valence-corrected chi connectivity index (χ2v) is 8.43. The van der Waals surface area contributed by atoms with E-state index in [-0.39, 0.29) is 5.54 Å². The van der Waals surface area contributed by atoms with E-state index in [2.05, 4.69) is 24.1 Å². The monoisotopic (exact) mass is 260 g/mol. The normalized spacial score (nSPS) is 33.4. The Bertz CT molecular complexity index is 351. The van der Waals surface area contributed by atoms with Crippen LogP contribution in [0.1, 0.15) is 26.7 Å². The molecule has 0 aliphatic carbocycles. The lowest BCUT2D eigenvalue weighted by Crippen LogP contribution is -2.50. The summed E-state index contributed by atoms with van der Waals surface area (Å²) < 4.78 is 22.7. The molecule has 0 radical (unpaired) electrons. The molecule has 2 saturated heterocycles. The van der Waals surface area contributed by atoms with Crippen LogP contribution in [0.2, 0.25) is 0 Å². The van der Waals surface area contributed by atoms with Gasteiger partial charge in [0.2, 0.25) is 0 Å². The molecule has 0 aromatic carbocycles. The highest BCUT2D eigenvalue weighted by Crippen LogP contribution is 2.25. The lowest BCUT2D eigenvalue weighted by molar-refractivity contribution is 0.167. The van der Waals surface area contributed by atoms with Crippen molar-refractivity contribution in [3.05, 3.63) is 0 Å². The van der Waals surface area contributed by atoms with E-state index in [1.165, 1.54) is 12.8 Å². The topological polar surface area (TPSA) is 49.4 Å². The van der Waals surface area contributed by atoms with E-state index in [9.17, 15) is 8.42 Å². The molecular formula is C12H24N2O2S. The van der Waals surface area contributed by atoms with Crippen molar-refractivity contribution in [3.63, 3.8) is 0 Å². The van der Waals surface area contributed by atoms with Crippen LogP contribution < -0.4 is 5.32 Å². The zero-order chi connectivity index (χ0) is 12.5. The lowest BCUT2D eigenvalue weighted by Gasteiger charge is -2.39. The Balaban J connectivity index is 1.82. The van der Waals surface area contributed by atoms with Gasteiger partial charge in [0.25, 0.3) is 0 Å². The molecule has 0 amide bonds. The summed E-state index contributed by atoms with van der Waals surface area (Å²) in [5.41, 5.74) is 0.241. The molecule has 2 heterocycles. The largest absolute Gasteiger partial charge is 0.312 e. The number of piperidine rings is 1. The summed E-state index contributed by atoms with van der Waals surface area (Å²) in [5, 5.41) is 3.52. The van der Waals surface area contributed by atoms with Gasteiger partial charge in [-0.15, -0.1) is 0 Å². The fourth-order valence-corrected chi connectivity index (χ4v) is 4.24. The van der Waals surface area contributed by atoms with Gasteiger partial charge in [-0.1, -0.05) is 0 Å². The number of rotatable bonds is 2. The van der Waals surface area contributed by atoms with Crippen LogP contribution in [0.5, 0.6) is 0 Å². The van der Waals surface area contributed by atoms with Crippen molar-refractivity contribution >= 4 is 9.84 Å². The minimum absolute atomic E-state index is 0.241. The summed E-state index contributed by atoms with van der Waals surface area (Å²) in [7, 11) is -2.73. The molecule has 0 saturated carbocycles. The Morgan fingerprint density at radius 1 is 1.29 bits per heavy atom. The van der Waals surface area contributed by atoms with Crippen LogP contribution in [0.25, 0.3) is 0 Å². The maximum absolute atomic E-state index is 11.4. The first-order valence-corrected chi connectivity index (χ1v) is 8.36. The van der Waals surface area contributed by atoms with Gasteiger partial charge in [-0.3, -0.25) is 0 Å². The first kappa shape index (κ1) is 13.3. The predicted molar refractivity (Wildman–Crippen MR) is 69.9 cm³/mol. The SMILES string of the molecule is CC1(C)CC(CN2CCS(=O)(=O)CC2)CCN1. The molecule has 4 nitrogen and oxygen atoms in total. The van der Waals surface area contributed by atoms with Gasteiger partial charge < -0.3 is 10.2 Å². The molecular weight excluding hydrogens is 236 g/mol. The Hall–Kier alpha value is -0.130. The van der Waals surface area contributed by atoms with Crippen LogP contribution in [-0.2, 0) is 9.84 Å². The van der Waals surface area contributed by atoms with E-state index < -0.39 is 9.84 Å². The molecule has 17 heavy (non-hydrogen) atoms. The van der Waals surface area contributed by atoms with Gasteiger partial charge in [-0.2, -0.15) is 0 Å². The van der Waals surface area contributed by atoms with Gasteiger partial charge in [0.1, 0.15) is 0 Å². The van der Waals surface area contributed by atoms with Gasteiger partial charge >= 0.3 is 0 Å². The summed E-state index contributed by atoms with van der Waals surface area (Å²) in [6, 6.07) is 0. The summed E-state index contributed by atoms with van der Waals surface area (Å²) in [5.74, 6) is 1.41. The molecule has 2 rings (SSSR count). The minimum atomic E-state index is -2.73. The number of sulfone groups is 1. The Morgan fingerprint density at radius 2 is 1.94 bits per heavy atom. The Labute approximate surface area is 105 Å². The molecule has 0 aromatic rings. The van der Waals surface area contributed by atoms with Crippen LogP contribution >= 0.6 is 0 Å². The van der Waals surface area contributed by atoms with Gasteiger partial charge in [-0.25, -0.2) is 8.42 Å². The second kappa shape index (κ2) is 4.86. The quantitative estimate of drug-likeness (QED) is 0.785. The lowest BCUT2D eigenvalue weighted by atomic mass is 9.84. The standard InChI is InChI=1S/C12H24N2O2S/c1-12(2)9-11(3-4-13-12)10-14-5-7-17(15,16)8-6-14/h11,13H,3-10H2,1-2H3. The first-order chi connectivity index (χ1) is 7.86. The van der Waals surface area contributed by atoms with E-state index in [0.717, 1.165) is 26.2 Å². The molecule has 1 atom stereocenters. The van der Waals surface area contributed by atoms with E-state index in [1.54, 1.807) is 0 Å². The van der Waals surface area contributed by atoms with Crippen molar-refractivity contribution in [2.45, 2.75) is 32.2 Å². The number of nitrogens with zero attached hydrogens (tertiary/aromatic N) is 1. The predicted octanol–water partition coefficient (Wildman–Crippen LogP) is 0.495. The highest BCUT2D eigenvalue weighted by molar-refractivity contribution is 7.91. The molecule has 2 aliphatic heterocycles. The number of hydrogen-bond acceptors (Lipinski definition) is 4. The third-order valence-corrected chi connectivity index (χ3v) is 5.52. The summed E-state index contributed by atoms with van der Waals surface area (Å²) in [6.45, 7) is 8.11. The highest BCUT2D eigenvalue weighted by Gasteiger charge is 2.30. The van der Waals surface area contributed by atoms with E-state index in [4.69, 9.17) is 0 Å². The van der Waals surface area contributed by atoms with Crippen molar-refractivity contribution < 1.29 is 8.42 Å². The smallest absolute Gasteiger partial charge is 0.152 e. The van der Waals surface area contributed by atoms with E-state index >= 15 is 0 Å². The molecule has 1 N–H and O–H groups in total. The molecule has 2 aliphatic rings. The zero-order valence-electron chi connectivity index (χ0n) is 10.9. The molecule has 0 aromatic heterocycles. The fraction of sp³-hybridized carbons (Fsp3) is 1.00. The fourth-order valence-electron chi connectivity index (χ4n) is 2.96. The van der Waals surface area contributed by atoms with Crippen molar-refractivity contribution in [3.8, 4) is 0 Å². The van der Waals surface area contributed by atoms with Crippen LogP contribution in [0, 0.1) is 5.92 Å². The maximum atomic E-state index is 11.4. The molecule has 2 fully saturated rings. The van der Waals surface area contributed by atoms with Gasteiger partial charge in [0, 0.05) is 25.2 Å².